The Hall–Kier alpha value is -2.45. The highest BCUT2D eigenvalue weighted by molar-refractivity contribution is 7.91. The molecule has 3 aromatic rings. The molecule has 1 aromatic heterocycles. The number of aryl methyl sites for hydroxylation is 1. The number of hydrogen-bond donors (Lipinski definition) is 0. The average molecular weight is 430 g/mol. The van der Waals surface area contributed by atoms with Crippen LogP contribution in [0, 0.1) is 6.92 Å². The predicted octanol–water partition coefficient (Wildman–Crippen LogP) is 3.36. The van der Waals surface area contributed by atoms with Crippen LogP contribution in [0.4, 0.5) is 5.13 Å². The topological polar surface area (TPSA) is 70.6 Å². The van der Waals surface area contributed by atoms with Crippen LogP contribution in [0.3, 0.4) is 0 Å². The molecule has 0 saturated carbocycles. The van der Waals surface area contributed by atoms with Crippen molar-refractivity contribution in [3.05, 3.63) is 53.6 Å². The van der Waals surface area contributed by atoms with Crippen molar-refractivity contribution in [1.29, 1.82) is 0 Å². The summed E-state index contributed by atoms with van der Waals surface area (Å²) < 4.78 is 25.4. The van der Waals surface area contributed by atoms with Crippen molar-refractivity contribution in [3.63, 3.8) is 0 Å². The van der Waals surface area contributed by atoms with E-state index >= 15 is 0 Å². The first-order valence-corrected chi connectivity index (χ1v) is 12.1. The van der Waals surface area contributed by atoms with E-state index in [4.69, 9.17) is 4.98 Å². The number of anilines is 1. The molecule has 1 amide bonds. The average Bonchev–Trinajstić information content (AvgIpc) is 3.19. The zero-order valence-corrected chi connectivity index (χ0v) is 18.1. The summed E-state index contributed by atoms with van der Waals surface area (Å²) in [6, 6.07) is 12.5. The Balaban J connectivity index is 1.47. The van der Waals surface area contributed by atoms with Gasteiger partial charge >= 0.3 is 0 Å². The molecular formula is C21H23N3O3S2. The number of amides is 1. The molecule has 0 atom stereocenters. The minimum atomic E-state index is -3.33. The maximum atomic E-state index is 12.9. The number of sulfone groups is 1. The van der Waals surface area contributed by atoms with Gasteiger partial charge in [0.05, 0.1) is 20.9 Å². The van der Waals surface area contributed by atoms with Gasteiger partial charge in [0.25, 0.3) is 5.91 Å². The van der Waals surface area contributed by atoms with E-state index in [-0.39, 0.29) is 16.6 Å². The Labute approximate surface area is 174 Å². The summed E-state index contributed by atoms with van der Waals surface area (Å²) in [5.74, 6) is -0.108. The first-order valence-electron chi connectivity index (χ1n) is 9.62. The van der Waals surface area contributed by atoms with Crippen molar-refractivity contribution < 1.29 is 13.2 Å². The van der Waals surface area contributed by atoms with Crippen LogP contribution in [0.15, 0.2) is 47.4 Å². The monoisotopic (exact) mass is 429 g/mol. The largest absolute Gasteiger partial charge is 0.345 e. The second-order valence-electron chi connectivity index (χ2n) is 7.13. The fourth-order valence-corrected chi connectivity index (χ4v) is 5.50. The van der Waals surface area contributed by atoms with E-state index in [0.717, 1.165) is 10.6 Å². The van der Waals surface area contributed by atoms with Gasteiger partial charge in [-0.1, -0.05) is 36.5 Å². The van der Waals surface area contributed by atoms with Crippen LogP contribution in [-0.4, -0.2) is 56.1 Å². The summed E-state index contributed by atoms with van der Waals surface area (Å²) in [5.41, 5.74) is 2.63. The van der Waals surface area contributed by atoms with Gasteiger partial charge in [0.2, 0.25) is 0 Å². The fraction of sp³-hybridized carbons (Fsp3) is 0.333. The second kappa shape index (κ2) is 7.76. The number of carbonyl (C=O) groups is 1. The van der Waals surface area contributed by atoms with Gasteiger partial charge in [0.15, 0.2) is 15.0 Å². The zero-order chi connectivity index (χ0) is 20.6. The molecular weight excluding hydrogens is 406 g/mol. The highest BCUT2D eigenvalue weighted by Crippen LogP contribution is 2.31. The summed E-state index contributed by atoms with van der Waals surface area (Å²) in [4.78, 5) is 21.9. The third kappa shape index (κ3) is 3.86. The maximum Gasteiger partial charge on any atom is 0.254 e. The van der Waals surface area contributed by atoms with Crippen LogP contribution in [0.1, 0.15) is 22.8 Å². The molecule has 2 aromatic carbocycles. The molecule has 29 heavy (non-hydrogen) atoms. The summed E-state index contributed by atoms with van der Waals surface area (Å²) in [6.45, 7) is 6.24. The van der Waals surface area contributed by atoms with Crippen LogP contribution < -0.4 is 4.90 Å². The first-order chi connectivity index (χ1) is 13.9. The summed E-state index contributed by atoms with van der Waals surface area (Å²) in [5, 5.41) is 0.984. The van der Waals surface area contributed by atoms with Gasteiger partial charge in [-0.15, -0.1) is 0 Å². The molecule has 0 radical (unpaired) electrons. The van der Waals surface area contributed by atoms with Gasteiger partial charge in [-0.05, 0) is 36.8 Å². The number of aromatic nitrogens is 1. The highest BCUT2D eigenvalue weighted by Gasteiger charge is 2.25. The highest BCUT2D eigenvalue weighted by atomic mass is 32.2. The lowest BCUT2D eigenvalue weighted by Gasteiger charge is -2.34. The lowest BCUT2D eigenvalue weighted by molar-refractivity contribution is 0.0746. The molecule has 0 spiro atoms. The summed E-state index contributed by atoms with van der Waals surface area (Å²) >= 11 is 1.68. The van der Waals surface area contributed by atoms with Crippen LogP contribution in [0.25, 0.3) is 10.2 Å². The molecule has 1 fully saturated rings. The minimum Gasteiger partial charge on any atom is -0.345 e. The minimum absolute atomic E-state index is 0.0188. The molecule has 0 aliphatic carbocycles. The molecule has 1 aliphatic heterocycles. The molecule has 8 heteroatoms. The van der Waals surface area contributed by atoms with E-state index in [9.17, 15) is 13.2 Å². The maximum absolute atomic E-state index is 12.9. The third-order valence-electron chi connectivity index (χ3n) is 5.27. The third-order valence-corrected chi connectivity index (χ3v) is 8.08. The molecule has 2 heterocycles. The lowest BCUT2D eigenvalue weighted by Crippen LogP contribution is -2.48. The van der Waals surface area contributed by atoms with Crippen molar-refractivity contribution in [2.24, 2.45) is 0 Å². The molecule has 0 N–H and O–H groups in total. The molecule has 4 rings (SSSR count). The molecule has 1 aliphatic rings. The summed E-state index contributed by atoms with van der Waals surface area (Å²) in [7, 11) is -3.33. The van der Waals surface area contributed by atoms with Crippen molar-refractivity contribution in [3.8, 4) is 0 Å². The Morgan fingerprint density at radius 2 is 1.83 bits per heavy atom. The molecule has 0 unspecified atom stereocenters. The zero-order valence-electron chi connectivity index (χ0n) is 16.5. The number of carbonyl (C=O) groups excluding carboxylic acids is 1. The number of rotatable bonds is 4. The van der Waals surface area contributed by atoms with Crippen LogP contribution in [0.5, 0.6) is 0 Å². The normalized spacial score (nSPS) is 15.1. The van der Waals surface area contributed by atoms with E-state index < -0.39 is 9.84 Å². The lowest BCUT2D eigenvalue weighted by atomic mass is 10.2. The van der Waals surface area contributed by atoms with Gasteiger partial charge in [-0.3, -0.25) is 4.79 Å². The van der Waals surface area contributed by atoms with Crippen LogP contribution in [-0.2, 0) is 9.84 Å². The first kappa shape index (κ1) is 19.8. The number of nitrogens with zero attached hydrogens (tertiary/aromatic N) is 3. The van der Waals surface area contributed by atoms with E-state index in [1.165, 1.54) is 16.3 Å². The van der Waals surface area contributed by atoms with Gasteiger partial charge in [-0.2, -0.15) is 0 Å². The fourth-order valence-electron chi connectivity index (χ4n) is 3.48. The molecule has 0 bridgehead atoms. The van der Waals surface area contributed by atoms with Gasteiger partial charge in [-0.25, -0.2) is 13.4 Å². The van der Waals surface area contributed by atoms with Crippen LogP contribution >= 0.6 is 11.3 Å². The summed E-state index contributed by atoms with van der Waals surface area (Å²) in [6.07, 6.45) is 0. The van der Waals surface area contributed by atoms with Crippen molar-refractivity contribution >= 4 is 42.4 Å². The van der Waals surface area contributed by atoms with E-state index in [2.05, 4.69) is 24.0 Å². The Bertz CT molecular complexity index is 1160. The van der Waals surface area contributed by atoms with Crippen molar-refractivity contribution in [1.82, 2.24) is 9.88 Å². The van der Waals surface area contributed by atoms with Gasteiger partial charge in [0, 0.05) is 31.7 Å². The number of fused-ring (bicyclic) bond motifs is 1. The molecule has 1 saturated heterocycles. The van der Waals surface area contributed by atoms with Gasteiger partial charge in [0.1, 0.15) is 0 Å². The standard InChI is InChI=1S/C21H23N3O3S2/c1-3-29(26,27)17-8-5-7-16(14-17)20(25)23-10-12-24(13-11-23)21-22-19-15(2)6-4-9-18(19)28-21/h4-9,14H,3,10-13H2,1-2H3. The molecule has 152 valence electrons. The SMILES string of the molecule is CCS(=O)(=O)c1cccc(C(=O)N2CCN(c3nc4c(C)cccc4s3)CC2)c1. The quantitative estimate of drug-likeness (QED) is 0.636. The van der Waals surface area contributed by atoms with Crippen molar-refractivity contribution in [2.45, 2.75) is 18.7 Å². The van der Waals surface area contributed by atoms with Gasteiger partial charge < -0.3 is 9.80 Å². The van der Waals surface area contributed by atoms with E-state index in [1.54, 1.807) is 41.4 Å². The Morgan fingerprint density at radius 1 is 1.10 bits per heavy atom. The van der Waals surface area contributed by atoms with E-state index in [0.29, 0.717) is 31.7 Å². The Morgan fingerprint density at radius 3 is 2.52 bits per heavy atom. The Kier molecular flexibility index (Phi) is 5.31. The number of para-hydroxylation sites is 1. The predicted molar refractivity (Wildman–Crippen MR) is 117 cm³/mol. The smallest absolute Gasteiger partial charge is 0.254 e. The number of benzene rings is 2. The number of hydrogen-bond acceptors (Lipinski definition) is 6. The van der Waals surface area contributed by atoms with Crippen molar-refractivity contribution in [2.75, 3.05) is 36.8 Å². The van der Waals surface area contributed by atoms with E-state index in [1.807, 2.05) is 6.07 Å². The second-order valence-corrected chi connectivity index (χ2v) is 10.4. The molecule has 6 nitrogen and oxygen atoms in total. The number of thiazole rings is 1. The number of piperazine rings is 1. The van der Waals surface area contributed by atoms with Crippen LogP contribution in [0.2, 0.25) is 0 Å².